The van der Waals surface area contributed by atoms with Crippen LogP contribution >= 0.6 is 23.2 Å². The van der Waals surface area contributed by atoms with Gasteiger partial charge in [0, 0.05) is 0 Å². The number of hydrogen-bond acceptors (Lipinski definition) is 3. The molecule has 0 aliphatic rings. The molecule has 3 nitrogen and oxygen atoms in total. The average Bonchev–Trinajstić information content (AvgIpc) is 2.04. The predicted molar refractivity (Wildman–Crippen MR) is 53.1 cm³/mol. The number of benzene rings is 1. The van der Waals surface area contributed by atoms with Gasteiger partial charge in [-0.2, -0.15) is 0 Å². The summed E-state index contributed by atoms with van der Waals surface area (Å²) in [7, 11) is 0. The number of rotatable bonds is 2. The summed E-state index contributed by atoms with van der Waals surface area (Å²) in [5.41, 5.74) is -0.853. The van der Waals surface area contributed by atoms with E-state index in [2.05, 4.69) is 0 Å². The Morgan fingerprint density at radius 1 is 0.846 bits per heavy atom. The highest BCUT2D eigenvalue weighted by Gasteiger charge is 2.05. The summed E-state index contributed by atoms with van der Waals surface area (Å²) in [5, 5.41) is 17.8. The molecule has 0 radical (unpaired) electrons. The molecule has 0 saturated carbocycles. The van der Waals surface area contributed by atoms with Crippen molar-refractivity contribution in [3.63, 3.8) is 0 Å². The second-order valence-corrected chi connectivity index (χ2v) is 3.17. The Morgan fingerprint density at radius 3 is 1.23 bits per heavy atom. The molecule has 0 amide bonds. The van der Waals surface area contributed by atoms with Crippen molar-refractivity contribution in [1.82, 2.24) is 6.15 Å². The third-order valence-corrected chi connectivity index (χ3v) is 1.99. The van der Waals surface area contributed by atoms with Gasteiger partial charge in [0.2, 0.25) is 0 Å². The summed E-state index contributed by atoms with van der Waals surface area (Å²) < 4.78 is 0. The van der Waals surface area contributed by atoms with E-state index in [4.69, 9.17) is 33.4 Å². The van der Waals surface area contributed by atoms with Gasteiger partial charge >= 0.3 is 0 Å². The Kier molecular flexibility index (Phi) is 5.29. The molecule has 2 unspecified atom stereocenters. The van der Waals surface area contributed by atoms with Gasteiger partial charge in [0.15, 0.2) is 11.1 Å². The lowest BCUT2D eigenvalue weighted by atomic mass is 10.1. The van der Waals surface area contributed by atoms with Crippen molar-refractivity contribution in [3.05, 3.63) is 35.4 Å². The van der Waals surface area contributed by atoms with E-state index >= 15 is 0 Å². The molecule has 5 heteroatoms. The minimum atomic E-state index is -1.01. The molecule has 0 bridgehead atoms. The Hall–Kier alpha value is -0.320. The highest BCUT2D eigenvalue weighted by Crippen LogP contribution is 2.21. The number of aliphatic hydroxyl groups excluding tert-OH is 2. The van der Waals surface area contributed by atoms with Crippen LogP contribution in [0.15, 0.2) is 24.3 Å². The van der Waals surface area contributed by atoms with Crippen LogP contribution in [0.25, 0.3) is 0 Å². The summed E-state index contributed by atoms with van der Waals surface area (Å²) in [6, 6.07) is 6.44. The fourth-order valence-electron chi connectivity index (χ4n) is 0.814. The van der Waals surface area contributed by atoms with Crippen LogP contribution in [0.3, 0.4) is 0 Å². The van der Waals surface area contributed by atoms with Crippen molar-refractivity contribution >= 4 is 23.2 Å². The van der Waals surface area contributed by atoms with Gasteiger partial charge in [-0.25, -0.2) is 0 Å². The van der Waals surface area contributed by atoms with Crippen LogP contribution in [-0.2, 0) is 0 Å². The van der Waals surface area contributed by atoms with Gasteiger partial charge in [0.05, 0.1) is 0 Å². The second kappa shape index (κ2) is 5.42. The Labute approximate surface area is 86.5 Å². The molecule has 0 aliphatic heterocycles. The van der Waals surface area contributed by atoms with Crippen LogP contribution in [0.4, 0.5) is 0 Å². The van der Waals surface area contributed by atoms with Crippen LogP contribution in [0, 0.1) is 0 Å². The van der Waals surface area contributed by atoms with E-state index in [0.717, 1.165) is 0 Å². The molecule has 5 N–H and O–H groups in total. The zero-order chi connectivity index (χ0) is 9.14. The SMILES string of the molecule is N.OC(Cl)c1ccc(C(O)Cl)cc1. The van der Waals surface area contributed by atoms with Crippen LogP contribution in [-0.4, -0.2) is 10.2 Å². The fraction of sp³-hybridized carbons (Fsp3) is 0.250. The van der Waals surface area contributed by atoms with Gasteiger partial charge in [0.25, 0.3) is 0 Å². The van der Waals surface area contributed by atoms with E-state index in [1.165, 1.54) is 0 Å². The molecule has 1 aromatic rings. The summed E-state index contributed by atoms with van der Waals surface area (Å²) in [5.74, 6) is 0. The standard InChI is InChI=1S/C8H8Cl2O2.H3N/c9-7(11)5-1-2-6(4-3-5)8(10)12;/h1-4,7-8,11-12H;1H3. The molecular weight excluding hydrogens is 213 g/mol. The van der Waals surface area contributed by atoms with Crippen molar-refractivity contribution in [3.8, 4) is 0 Å². The zero-order valence-corrected chi connectivity index (χ0v) is 8.33. The quantitative estimate of drug-likeness (QED) is 0.674. The average molecular weight is 224 g/mol. The van der Waals surface area contributed by atoms with E-state index in [-0.39, 0.29) is 6.15 Å². The number of aliphatic hydroxyl groups is 2. The predicted octanol–water partition coefficient (Wildman–Crippen LogP) is 2.31. The summed E-state index contributed by atoms with van der Waals surface area (Å²) in [4.78, 5) is 0. The third kappa shape index (κ3) is 3.50. The molecular formula is C8H11Cl2NO2. The molecule has 0 aliphatic carbocycles. The number of halogens is 2. The van der Waals surface area contributed by atoms with Crippen LogP contribution in [0.2, 0.25) is 0 Å². The number of alkyl halides is 2. The van der Waals surface area contributed by atoms with Gasteiger partial charge in [-0.15, -0.1) is 0 Å². The second-order valence-electron chi connectivity index (χ2n) is 2.34. The lowest BCUT2D eigenvalue weighted by Crippen LogP contribution is -1.91. The molecule has 1 rings (SSSR count). The van der Waals surface area contributed by atoms with E-state index in [0.29, 0.717) is 11.1 Å². The lowest BCUT2D eigenvalue weighted by molar-refractivity contribution is 0.259. The Morgan fingerprint density at radius 2 is 1.08 bits per heavy atom. The zero-order valence-electron chi connectivity index (χ0n) is 6.82. The van der Waals surface area contributed by atoms with Gasteiger partial charge in [-0.3, -0.25) is 0 Å². The maximum absolute atomic E-state index is 8.92. The van der Waals surface area contributed by atoms with Gasteiger partial charge in [0.1, 0.15) is 0 Å². The summed E-state index contributed by atoms with van der Waals surface area (Å²) in [6.45, 7) is 0. The maximum Gasteiger partial charge on any atom is 0.153 e. The molecule has 13 heavy (non-hydrogen) atoms. The van der Waals surface area contributed by atoms with Gasteiger partial charge in [-0.05, 0) is 11.1 Å². The first-order chi connectivity index (χ1) is 5.61. The molecule has 74 valence electrons. The largest absolute Gasteiger partial charge is 0.373 e. The van der Waals surface area contributed by atoms with Crippen molar-refractivity contribution in [2.75, 3.05) is 0 Å². The monoisotopic (exact) mass is 223 g/mol. The topological polar surface area (TPSA) is 75.5 Å². The van der Waals surface area contributed by atoms with Crippen LogP contribution in [0.5, 0.6) is 0 Å². The smallest absolute Gasteiger partial charge is 0.153 e. The van der Waals surface area contributed by atoms with Crippen LogP contribution in [0.1, 0.15) is 22.3 Å². The number of hydrogen-bond donors (Lipinski definition) is 3. The summed E-state index contributed by atoms with van der Waals surface area (Å²) in [6.07, 6.45) is 0. The minimum Gasteiger partial charge on any atom is -0.373 e. The lowest BCUT2D eigenvalue weighted by Gasteiger charge is -2.05. The molecule has 0 fully saturated rings. The summed E-state index contributed by atoms with van der Waals surface area (Å²) >= 11 is 10.8. The van der Waals surface area contributed by atoms with E-state index in [1.807, 2.05) is 0 Å². The van der Waals surface area contributed by atoms with Crippen molar-refractivity contribution in [2.45, 2.75) is 11.1 Å². The molecule has 0 heterocycles. The first-order valence-electron chi connectivity index (χ1n) is 3.35. The van der Waals surface area contributed by atoms with E-state index in [1.54, 1.807) is 24.3 Å². The van der Waals surface area contributed by atoms with Gasteiger partial charge in [-0.1, -0.05) is 47.5 Å². The molecule has 0 spiro atoms. The van der Waals surface area contributed by atoms with E-state index < -0.39 is 11.1 Å². The fourth-order valence-corrected chi connectivity index (χ4v) is 1.10. The molecule has 0 saturated heterocycles. The molecule has 1 aromatic carbocycles. The highest BCUT2D eigenvalue weighted by molar-refractivity contribution is 6.20. The Bertz CT molecular complexity index is 222. The minimum absolute atomic E-state index is 0. The first kappa shape index (κ1) is 12.7. The molecule has 0 aromatic heterocycles. The van der Waals surface area contributed by atoms with E-state index in [9.17, 15) is 0 Å². The maximum atomic E-state index is 8.92. The highest BCUT2D eigenvalue weighted by atomic mass is 35.5. The van der Waals surface area contributed by atoms with Crippen LogP contribution < -0.4 is 6.15 Å². The van der Waals surface area contributed by atoms with Crippen molar-refractivity contribution in [1.29, 1.82) is 0 Å². The first-order valence-corrected chi connectivity index (χ1v) is 4.22. The normalized spacial score (nSPS) is 14.5. The third-order valence-electron chi connectivity index (χ3n) is 1.49. The molecule has 2 atom stereocenters. The van der Waals surface area contributed by atoms with Crippen molar-refractivity contribution in [2.24, 2.45) is 0 Å². The van der Waals surface area contributed by atoms with Gasteiger partial charge < -0.3 is 16.4 Å². The van der Waals surface area contributed by atoms with Crippen molar-refractivity contribution < 1.29 is 10.2 Å². The Balaban J connectivity index is 0.00000144.